The quantitative estimate of drug-likeness (QED) is 0.480. The first kappa shape index (κ1) is 16.5. The van der Waals surface area contributed by atoms with Crippen molar-refractivity contribution in [1.82, 2.24) is 25.4 Å². The van der Waals surface area contributed by atoms with E-state index in [1.165, 1.54) is 19.3 Å². The third-order valence-electron chi connectivity index (χ3n) is 4.29. The van der Waals surface area contributed by atoms with Crippen LogP contribution < -0.4 is 10.6 Å². The van der Waals surface area contributed by atoms with Gasteiger partial charge in [0.15, 0.2) is 5.96 Å². The van der Waals surface area contributed by atoms with Crippen LogP contribution in [0.2, 0.25) is 0 Å². The van der Waals surface area contributed by atoms with Gasteiger partial charge in [-0.3, -0.25) is 4.99 Å². The molecule has 0 atom stereocenters. The van der Waals surface area contributed by atoms with Crippen molar-refractivity contribution in [3.05, 3.63) is 35.8 Å². The maximum absolute atomic E-state index is 5.30. The van der Waals surface area contributed by atoms with Crippen molar-refractivity contribution >= 4 is 5.96 Å². The molecule has 24 heavy (non-hydrogen) atoms. The Kier molecular flexibility index (Phi) is 5.87. The molecule has 2 aromatic heterocycles. The molecule has 130 valence electrons. The molecule has 2 N–H and O–H groups in total. The number of nitrogens with one attached hydrogen (secondary N) is 2. The van der Waals surface area contributed by atoms with Crippen LogP contribution >= 0.6 is 0 Å². The number of hydrogen-bond donors (Lipinski definition) is 2. The van der Waals surface area contributed by atoms with Gasteiger partial charge in [-0.15, -0.1) is 10.2 Å². The highest BCUT2D eigenvalue weighted by Gasteiger charge is 2.14. The van der Waals surface area contributed by atoms with E-state index in [0.29, 0.717) is 6.54 Å². The number of aryl methyl sites for hydroxylation is 2. The Hall–Kier alpha value is -2.31. The summed E-state index contributed by atoms with van der Waals surface area (Å²) in [6.45, 7) is 2.54. The van der Waals surface area contributed by atoms with E-state index in [0.717, 1.165) is 55.7 Å². The first-order valence-corrected chi connectivity index (χ1v) is 8.74. The second-order valence-corrected chi connectivity index (χ2v) is 6.03. The fraction of sp³-hybridized carbons (Fsp3) is 0.588. The average Bonchev–Trinajstić information content (AvgIpc) is 3.19. The summed E-state index contributed by atoms with van der Waals surface area (Å²) >= 11 is 0. The lowest BCUT2D eigenvalue weighted by molar-refractivity contribution is 0.501. The highest BCUT2D eigenvalue weighted by Crippen LogP contribution is 2.15. The average molecular weight is 330 g/mol. The molecule has 1 aliphatic heterocycles. The van der Waals surface area contributed by atoms with Crippen LogP contribution in [0.4, 0.5) is 0 Å². The first-order valence-electron chi connectivity index (χ1n) is 8.74. The maximum atomic E-state index is 5.30. The minimum Gasteiger partial charge on any atom is -0.467 e. The van der Waals surface area contributed by atoms with Crippen LogP contribution in [-0.4, -0.2) is 34.3 Å². The summed E-state index contributed by atoms with van der Waals surface area (Å²) < 4.78 is 7.62. The number of rotatable bonds is 6. The number of nitrogens with zero attached hydrogens (tertiary/aromatic N) is 4. The van der Waals surface area contributed by atoms with Gasteiger partial charge in [-0.2, -0.15) is 0 Å². The molecule has 7 nitrogen and oxygen atoms in total. The molecule has 0 unspecified atom stereocenters. The predicted octanol–water partition coefficient (Wildman–Crippen LogP) is 1.90. The van der Waals surface area contributed by atoms with Gasteiger partial charge >= 0.3 is 0 Å². The first-order chi connectivity index (χ1) is 11.9. The molecule has 0 spiro atoms. The monoisotopic (exact) mass is 330 g/mol. The van der Waals surface area contributed by atoms with Gasteiger partial charge in [-0.25, -0.2) is 0 Å². The van der Waals surface area contributed by atoms with E-state index in [1.807, 2.05) is 12.1 Å². The summed E-state index contributed by atoms with van der Waals surface area (Å²) in [4.78, 5) is 4.22. The van der Waals surface area contributed by atoms with Crippen LogP contribution in [0.5, 0.6) is 0 Å². The van der Waals surface area contributed by atoms with E-state index in [1.54, 1.807) is 13.3 Å². The number of fused-ring (bicyclic) bond motifs is 1. The van der Waals surface area contributed by atoms with E-state index in [-0.39, 0.29) is 0 Å². The summed E-state index contributed by atoms with van der Waals surface area (Å²) in [6, 6.07) is 3.83. The summed E-state index contributed by atoms with van der Waals surface area (Å²) in [5, 5.41) is 15.3. The lowest BCUT2D eigenvalue weighted by Crippen LogP contribution is -2.37. The van der Waals surface area contributed by atoms with E-state index >= 15 is 0 Å². The second kappa shape index (κ2) is 8.52. The third kappa shape index (κ3) is 4.37. The Labute approximate surface area is 142 Å². The summed E-state index contributed by atoms with van der Waals surface area (Å²) in [5.41, 5.74) is 0. The van der Waals surface area contributed by atoms with Gasteiger partial charge in [-0.1, -0.05) is 6.42 Å². The molecule has 0 bridgehead atoms. The highest BCUT2D eigenvalue weighted by molar-refractivity contribution is 5.79. The Balaban J connectivity index is 1.40. The van der Waals surface area contributed by atoms with E-state index in [2.05, 4.69) is 30.4 Å². The molecule has 2 aromatic rings. The molecule has 0 amide bonds. The minimum absolute atomic E-state index is 0.629. The molecular weight excluding hydrogens is 304 g/mol. The lowest BCUT2D eigenvalue weighted by atomic mass is 10.2. The Morgan fingerprint density at radius 1 is 1.29 bits per heavy atom. The van der Waals surface area contributed by atoms with Gasteiger partial charge in [0.2, 0.25) is 0 Å². The molecule has 3 rings (SSSR count). The highest BCUT2D eigenvalue weighted by atomic mass is 16.3. The molecule has 3 heterocycles. The van der Waals surface area contributed by atoms with E-state index < -0.39 is 0 Å². The topological polar surface area (TPSA) is 80.3 Å². The molecule has 0 fully saturated rings. The number of furan rings is 1. The van der Waals surface area contributed by atoms with Gasteiger partial charge in [-0.05, 0) is 31.4 Å². The zero-order valence-corrected chi connectivity index (χ0v) is 14.3. The zero-order valence-electron chi connectivity index (χ0n) is 14.3. The van der Waals surface area contributed by atoms with Crippen molar-refractivity contribution in [2.75, 3.05) is 13.6 Å². The maximum Gasteiger partial charge on any atom is 0.191 e. The van der Waals surface area contributed by atoms with Crippen LogP contribution in [0, 0.1) is 0 Å². The fourth-order valence-electron chi connectivity index (χ4n) is 2.99. The van der Waals surface area contributed by atoms with Crippen molar-refractivity contribution in [2.24, 2.45) is 4.99 Å². The van der Waals surface area contributed by atoms with Crippen LogP contribution in [0.1, 0.15) is 43.1 Å². The molecule has 7 heteroatoms. The van der Waals surface area contributed by atoms with Crippen molar-refractivity contribution < 1.29 is 4.42 Å². The fourth-order valence-corrected chi connectivity index (χ4v) is 2.99. The Bertz CT molecular complexity index is 646. The second-order valence-electron chi connectivity index (χ2n) is 6.03. The Morgan fingerprint density at radius 2 is 2.25 bits per heavy atom. The molecule has 1 aliphatic rings. The largest absolute Gasteiger partial charge is 0.467 e. The minimum atomic E-state index is 0.629. The van der Waals surface area contributed by atoms with E-state index in [4.69, 9.17) is 4.42 Å². The van der Waals surface area contributed by atoms with Crippen molar-refractivity contribution in [3.63, 3.8) is 0 Å². The van der Waals surface area contributed by atoms with Crippen LogP contribution in [0.15, 0.2) is 27.8 Å². The predicted molar refractivity (Wildman–Crippen MR) is 92.8 cm³/mol. The number of hydrogen-bond acceptors (Lipinski definition) is 4. The van der Waals surface area contributed by atoms with Crippen LogP contribution in [0.3, 0.4) is 0 Å². The van der Waals surface area contributed by atoms with Gasteiger partial charge in [0.25, 0.3) is 0 Å². The van der Waals surface area contributed by atoms with Gasteiger partial charge < -0.3 is 19.6 Å². The lowest BCUT2D eigenvalue weighted by Gasteiger charge is -2.11. The van der Waals surface area contributed by atoms with Gasteiger partial charge in [0.1, 0.15) is 17.4 Å². The normalized spacial score (nSPS) is 15.0. The van der Waals surface area contributed by atoms with Crippen molar-refractivity contribution in [1.29, 1.82) is 0 Å². The Morgan fingerprint density at radius 3 is 3.08 bits per heavy atom. The van der Waals surface area contributed by atoms with Crippen molar-refractivity contribution in [3.8, 4) is 0 Å². The molecule has 0 saturated carbocycles. The standard InChI is InChI=1S/C17H26N6O/c1-18-17(20-13-14-7-6-12-24-14)19-10-5-9-16-22-21-15-8-3-2-4-11-23(15)16/h6-7,12H,2-5,8-11,13H2,1H3,(H2,18,19,20). The summed E-state index contributed by atoms with van der Waals surface area (Å²) in [5.74, 6) is 3.95. The molecule has 0 saturated heterocycles. The summed E-state index contributed by atoms with van der Waals surface area (Å²) in [7, 11) is 1.77. The zero-order chi connectivity index (χ0) is 16.6. The molecule has 0 aromatic carbocycles. The molecule has 0 radical (unpaired) electrons. The number of aliphatic imine (C=N–C) groups is 1. The number of aromatic nitrogens is 3. The van der Waals surface area contributed by atoms with E-state index in [9.17, 15) is 0 Å². The van der Waals surface area contributed by atoms with Gasteiger partial charge in [0.05, 0.1) is 12.8 Å². The smallest absolute Gasteiger partial charge is 0.191 e. The van der Waals surface area contributed by atoms with Crippen LogP contribution in [0.25, 0.3) is 0 Å². The number of guanidine groups is 1. The van der Waals surface area contributed by atoms with Crippen LogP contribution in [-0.2, 0) is 25.9 Å². The third-order valence-corrected chi connectivity index (χ3v) is 4.29. The van der Waals surface area contributed by atoms with Crippen molar-refractivity contribution in [2.45, 2.75) is 51.6 Å². The summed E-state index contributed by atoms with van der Waals surface area (Å²) in [6.07, 6.45) is 8.44. The SMILES string of the molecule is CN=C(NCCCc1nnc2n1CCCCC2)NCc1ccco1. The molecule has 0 aliphatic carbocycles. The molecular formula is C17H26N6O. The van der Waals surface area contributed by atoms with Gasteiger partial charge in [0, 0.05) is 33.0 Å².